The van der Waals surface area contributed by atoms with Gasteiger partial charge in [0.2, 0.25) is 5.91 Å². The Hall–Kier alpha value is -2.87. The maximum absolute atomic E-state index is 13.7. The van der Waals surface area contributed by atoms with Crippen LogP contribution in [0.4, 0.5) is 10.1 Å². The average molecular weight is 413 g/mol. The lowest BCUT2D eigenvalue weighted by atomic mass is 9.97. The molecule has 6 nitrogen and oxygen atoms in total. The number of fused-ring (bicyclic) bond motifs is 1. The molecule has 0 unspecified atom stereocenters. The third-order valence-electron chi connectivity index (χ3n) is 4.83. The lowest BCUT2D eigenvalue weighted by Crippen LogP contribution is -2.30. The minimum Gasteiger partial charge on any atom is -0.467 e. The first-order valence-electron chi connectivity index (χ1n) is 9.44. The van der Waals surface area contributed by atoms with E-state index in [0.717, 1.165) is 36.9 Å². The van der Waals surface area contributed by atoms with E-state index in [9.17, 15) is 14.0 Å². The summed E-state index contributed by atoms with van der Waals surface area (Å²) in [5.41, 5.74) is 1.77. The summed E-state index contributed by atoms with van der Waals surface area (Å²) in [7, 11) is 0. The molecule has 0 fully saturated rings. The number of benzene rings is 1. The van der Waals surface area contributed by atoms with Crippen LogP contribution in [0.2, 0.25) is 0 Å². The van der Waals surface area contributed by atoms with Gasteiger partial charge in [-0.15, -0.1) is 0 Å². The summed E-state index contributed by atoms with van der Waals surface area (Å²) in [5, 5.41) is 3.15. The molecule has 1 amide bonds. The van der Waals surface area contributed by atoms with Gasteiger partial charge in [0.25, 0.3) is 0 Å². The minimum absolute atomic E-state index is 0.0510. The van der Waals surface area contributed by atoms with Gasteiger partial charge < -0.3 is 9.73 Å². The van der Waals surface area contributed by atoms with Crippen LogP contribution in [0.3, 0.4) is 0 Å². The van der Waals surface area contributed by atoms with Gasteiger partial charge in [0.15, 0.2) is 0 Å². The molecule has 1 N–H and O–H groups in total. The SMILES string of the molecule is O=C(CSc1nc(=O)n(Cc2ccco2)c2c1CCCC2)Nc1ccccc1F. The number of rotatable bonds is 6. The molecule has 0 atom stereocenters. The van der Waals surface area contributed by atoms with E-state index in [2.05, 4.69) is 10.3 Å². The van der Waals surface area contributed by atoms with Gasteiger partial charge in [0.1, 0.15) is 16.6 Å². The number of furan rings is 1. The van der Waals surface area contributed by atoms with E-state index in [1.54, 1.807) is 29.0 Å². The first-order valence-corrected chi connectivity index (χ1v) is 10.4. The van der Waals surface area contributed by atoms with Crippen molar-refractivity contribution in [2.24, 2.45) is 0 Å². The van der Waals surface area contributed by atoms with Crippen LogP contribution >= 0.6 is 11.8 Å². The Kier molecular flexibility index (Phi) is 5.80. The lowest BCUT2D eigenvalue weighted by molar-refractivity contribution is -0.113. The van der Waals surface area contributed by atoms with Gasteiger partial charge in [-0.05, 0) is 49.9 Å². The van der Waals surface area contributed by atoms with E-state index in [4.69, 9.17) is 4.42 Å². The molecule has 0 aliphatic heterocycles. The molecule has 0 saturated carbocycles. The van der Waals surface area contributed by atoms with Gasteiger partial charge in [-0.25, -0.2) is 9.18 Å². The average Bonchev–Trinajstić information content (AvgIpc) is 3.24. The maximum Gasteiger partial charge on any atom is 0.349 e. The number of amides is 1. The van der Waals surface area contributed by atoms with Crippen LogP contribution in [0.1, 0.15) is 29.9 Å². The van der Waals surface area contributed by atoms with Crippen molar-refractivity contribution in [2.75, 3.05) is 11.1 Å². The highest BCUT2D eigenvalue weighted by Gasteiger charge is 2.21. The van der Waals surface area contributed by atoms with Crippen molar-refractivity contribution in [3.63, 3.8) is 0 Å². The number of nitrogens with one attached hydrogen (secondary N) is 1. The number of nitrogens with zero attached hydrogens (tertiary/aromatic N) is 2. The van der Waals surface area contributed by atoms with Crippen LogP contribution in [0.5, 0.6) is 0 Å². The molecule has 2 aromatic heterocycles. The first-order chi connectivity index (χ1) is 14.1. The Labute approximate surface area is 171 Å². The van der Waals surface area contributed by atoms with Crippen LogP contribution in [0.25, 0.3) is 0 Å². The van der Waals surface area contributed by atoms with Crippen LogP contribution < -0.4 is 11.0 Å². The largest absolute Gasteiger partial charge is 0.467 e. The molecule has 1 aliphatic rings. The lowest BCUT2D eigenvalue weighted by Gasteiger charge is -2.22. The van der Waals surface area contributed by atoms with Crippen LogP contribution in [0.15, 0.2) is 56.9 Å². The van der Waals surface area contributed by atoms with E-state index in [1.807, 2.05) is 6.07 Å². The zero-order valence-corrected chi connectivity index (χ0v) is 16.5. The predicted molar refractivity (Wildman–Crippen MR) is 109 cm³/mol. The molecule has 29 heavy (non-hydrogen) atoms. The first kappa shape index (κ1) is 19.4. The normalized spacial score (nSPS) is 13.1. The zero-order valence-electron chi connectivity index (χ0n) is 15.7. The predicted octanol–water partition coefficient (Wildman–Crippen LogP) is 3.63. The quantitative estimate of drug-likeness (QED) is 0.493. The second kappa shape index (κ2) is 8.65. The summed E-state index contributed by atoms with van der Waals surface area (Å²) in [5.74, 6) is -0.0745. The van der Waals surface area contributed by atoms with Crippen LogP contribution in [0, 0.1) is 5.82 Å². The summed E-state index contributed by atoms with van der Waals surface area (Å²) in [6.07, 6.45) is 5.22. The van der Waals surface area contributed by atoms with Gasteiger partial charge in [0, 0.05) is 11.3 Å². The summed E-state index contributed by atoms with van der Waals surface area (Å²) >= 11 is 1.22. The molecule has 2 heterocycles. The molecule has 0 radical (unpaired) electrons. The molecule has 4 rings (SSSR count). The fraction of sp³-hybridized carbons (Fsp3) is 0.286. The number of hydrogen-bond donors (Lipinski definition) is 1. The Morgan fingerprint density at radius 1 is 1.21 bits per heavy atom. The van der Waals surface area contributed by atoms with Crippen molar-refractivity contribution >= 4 is 23.4 Å². The summed E-state index contributed by atoms with van der Waals surface area (Å²) in [6, 6.07) is 9.64. The highest BCUT2D eigenvalue weighted by Crippen LogP contribution is 2.29. The Bertz CT molecular complexity index is 1080. The van der Waals surface area contributed by atoms with Gasteiger partial charge in [-0.3, -0.25) is 9.36 Å². The number of para-hydroxylation sites is 1. The van der Waals surface area contributed by atoms with Crippen molar-refractivity contribution in [3.05, 3.63) is 76.0 Å². The van der Waals surface area contributed by atoms with Crippen molar-refractivity contribution in [2.45, 2.75) is 37.3 Å². The minimum atomic E-state index is -0.484. The number of hydrogen-bond acceptors (Lipinski definition) is 5. The van der Waals surface area contributed by atoms with E-state index < -0.39 is 5.82 Å². The molecule has 8 heteroatoms. The molecule has 1 aromatic carbocycles. The standard InChI is InChI=1S/C21H20FN3O3S/c22-16-8-2-3-9-17(16)23-19(26)13-29-20-15-7-1-4-10-18(15)25(21(27)24-20)12-14-6-5-11-28-14/h2-3,5-6,8-9,11H,1,4,7,10,12-13H2,(H,23,26). The molecule has 0 bridgehead atoms. The fourth-order valence-corrected chi connectivity index (χ4v) is 4.35. The van der Waals surface area contributed by atoms with Gasteiger partial charge in [-0.1, -0.05) is 23.9 Å². The highest BCUT2D eigenvalue weighted by atomic mass is 32.2. The number of carbonyl (C=O) groups excluding carboxylic acids is 1. The van der Waals surface area contributed by atoms with E-state index in [1.165, 1.54) is 23.9 Å². The smallest absolute Gasteiger partial charge is 0.349 e. The van der Waals surface area contributed by atoms with E-state index in [0.29, 0.717) is 17.3 Å². The van der Waals surface area contributed by atoms with Gasteiger partial charge in [-0.2, -0.15) is 4.98 Å². The number of halogens is 1. The van der Waals surface area contributed by atoms with Crippen molar-refractivity contribution in [1.82, 2.24) is 9.55 Å². The highest BCUT2D eigenvalue weighted by molar-refractivity contribution is 8.00. The van der Waals surface area contributed by atoms with E-state index >= 15 is 0 Å². The van der Waals surface area contributed by atoms with Crippen LogP contribution in [-0.2, 0) is 24.2 Å². The fourth-order valence-electron chi connectivity index (χ4n) is 3.47. The monoisotopic (exact) mass is 413 g/mol. The number of aromatic nitrogens is 2. The van der Waals surface area contributed by atoms with Crippen LogP contribution in [-0.4, -0.2) is 21.2 Å². The maximum atomic E-state index is 13.7. The molecule has 0 saturated heterocycles. The summed E-state index contributed by atoms with van der Waals surface area (Å²) in [6.45, 7) is 0.347. The molecule has 0 spiro atoms. The van der Waals surface area contributed by atoms with Gasteiger partial charge >= 0.3 is 5.69 Å². The Morgan fingerprint density at radius 3 is 2.83 bits per heavy atom. The molecule has 150 valence electrons. The topological polar surface area (TPSA) is 77.1 Å². The third kappa shape index (κ3) is 4.42. The summed E-state index contributed by atoms with van der Waals surface area (Å²) in [4.78, 5) is 29.2. The van der Waals surface area contributed by atoms with Crippen molar-refractivity contribution in [1.29, 1.82) is 0 Å². The van der Waals surface area contributed by atoms with Crippen molar-refractivity contribution < 1.29 is 13.6 Å². The molecule has 3 aromatic rings. The number of anilines is 1. The van der Waals surface area contributed by atoms with Crippen molar-refractivity contribution in [3.8, 4) is 0 Å². The molecular formula is C21H20FN3O3S. The molecular weight excluding hydrogens is 393 g/mol. The zero-order chi connectivity index (χ0) is 20.2. The Balaban J connectivity index is 1.53. The molecule has 1 aliphatic carbocycles. The second-order valence-corrected chi connectivity index (χ2v) is 7.78. The van der Waals surface area contributed by atoms with E-state index in [-0.39, 0.29) is 23.0 Å². The third-order valence-corrected chi connectivity index (χ3v) is 5.85. The second-order valence-electron chi connectivity index (χ2n) is 6.81. The number of thioether (sulfide) groups is 1. The van der Waals surface area contributed by atoms with Gasteiger partial charge in [0.05, 0.1) is 24.2 Å². The Morgan fingerprint density at radius 2 is 2.03 bits per heavy atom. The summed E-state index contributed by atoms with van der Waals surface area (Å²) < 4.78 is 20.8. The number of carbonyl (C=O) groups is 1.